The molecule has 0 aliphatic carbocycles. The molecule has 0 atom stereocenters. The number of ether oxygens (including phenoxy) is 4. The summed E-state index contributed by atoms with van der Waals surface area (Å²) >= 11 is 0. The van der Waals surface area contributed by atoms with Gasteiger partial charge in [0.2, 0.25) is 11.5 Å². The second-order valence-corrected chi connectivity index (χ2v) is 7.66. The molecule has 3 aromatic carbocycles. The smallest absolute Gasteiger partial charge is 0.208 e. The molecule has 7 heteroatoms. The molecular formula is C27H24O7. The molecule has 7 nitrogen and oxygen atoms in total. The number of rotatable bonds is 9. The van der Waals surface area contributed by atoms with E-state index in [0.29, 0.717) is 29.2 Å². The quantitative estimate of drug-likeness (QED) is 0.345. The fourth-order valence-electron chi connectivity index (χ4n) is 3.92. The molecule has 0 radical (unpaired) electrons. The lowest BCUT2D eigenvalue weighted by Gasteiger charge is -2.24. The molecule has 34 heavy (non-hydrogen) atoms. The Bertz CT molecular complexity index is 1150. The molecule has 0 bridgehead atoms. The molecule has 1 aliphatic heterocycles. The third-order valence-corrected chi connectivity index (χ3v) is 5.60. The number of benzene rings is 3. The Labute approximate surface area is 197 Å². The van der Waals surface area contributed by atoms with Crippen LogP contribution < -0.4 is 18.9 Å². The Morgan fingerprint density at radius 1 is 0.794 bits per heavy atom. The van der Waals surface area contributed by atoms with Gasteiger partial charge in [0.1, 0.15) is 13.2 Å². The molecule has 0 saturated heterocycles. The fraction of sp³-hybridized carbons (Fsp3) is 0.222. The molecule has 0 saturated carbocycles. The number of carbonyl (C=O) groups excluding carboxylic acids is 3. The average molecular weight is 460 g/mol. The van der Waals surface area contributed by atoms with Crippen molar-refractivity contribution in [2.75, 3.05) is 27.4 Å². The molecule has 0 aromatic heterocycles. The van der Waals surface area contributed by atoms with E-state index in [0.717, 1.165) is 0 Å². The van der Waals surface area contributed by atoms with Crippen molar-refractivity contribution in [3.8, 4) is 23.0 Å². The Balaban J connectivity index is 1.74. The number of hydrogen-bond acceptors (Lipinski definition) is 7. The Hall–Kier alpha value is -4.13. The highest BCUT2D eigenvalue weighted by molar-refractivity contribution is 6.19. The largest absolute Gasteiger partial charge is 0.493 e. The molecule has 1 aliphatic rings. The summed E-state index contributed by atoms with van der Waals surface area (Å²) in [5.41, 5.74) is 0.864. The minimum atomic E-state index is -1.21. The first kappa shape index (κ1) is 23.0. The van der Waals surface area contributed by atoms with Crippen molar-refractivity contribution in [1.82, 2.24) is 0 Å². The standard InChI is InChI=1S/C27H24O7/c1-31-22-16-19(25(32-2)27-26(22)33-13-14-34-27)21(28)15-20(23(29)17-9-5-3-6-10-17)24(30)18-11-7-4-8-12-18/h3-12,16,20H,13-15H2,1-2H3. The van der Waals surface area contributed by atoms with Gasteiger partial charge in [-0.3, -0.25) is 14.4 Å². The highest BCUT2D eigenvalue weighted by atomic mass is 16.6. The van der Waals surface area contributed by atoms with Crippen molar-refractivity contribution in [2.24, 2.45) is 5.92 Å². The Morgan fingerprint density at radius 2 is 1.32 bits per heavy atom. The molecule has 4 rings (SSSR count). The van der Waals surface area contributed by atoms with Crippen LogP contribution in [0.1, 0.15) is 37.5 Å². The molecule has 0 fully saturated rings. The minimum Gasteiger partial charge on any atom is -0.493 e. The summed E-state index contributed by atoms with van der Waals surface area (Å²) in [6, 6.07) is 18.4. The molecular weight excluding hydrogens is 436 g/mol. The summed E-state index contributed by atoms with van der Waals surface area (Å²) in [6.45, 7) is 0.616. The molecule has 174 valence electrons. The van der Waals surface area contributed by atoms with Crippen LogP contribution in [0.25, 0.3) is 0 Å². The third-order valence-electron chi connectivity index (χ3n) is 5.60. The van der Waals surface area contributed by atoms with Gasteiger partial charge in [-0.15, -0.1) is 0 Å². The SMILES string of the molecule is COc1cc(C(=O)CC(C(=O)c2ccccc2)C(=O)c2ccccc2)c(OC)c2c1OCCO2. The number of carbonyl (C=O) groups is 3. The van der Waals surface area contributed by atoms with Crippen molar-refractivity contribution in [1.29, 1.82) is 0 Å². The van der Waals surface area contributed by atoms with Crippen LogP contribution in [0.5, 0.6) is 23.0 Å². The number of ketones is 3. The van der Waals surface area contributed by atoms with E-state index in [1.807, 2.05) is 0 Å². The summed E-state index contributed by atoms with van der Waals surface area (Å²) < 4.78 is 22.2. The van der Waals surface area contributed by atoms with Crippen LogP contribution in [0.4, 0.5) is 0 Å². The van der Waals surface area contributed by atoms with Gasteiger partial charge in [0.15, 0.2) is 28.8 Å². The molecule has 0 spiro atoms. The van der Waals surface area contributed by atoms with E-state index in [4.69, 9.17) is 18.9 Å². The molecule has 0 unspecified atom stereocenters. The third kappa shape index (κ3) is 4.50. The summed E-state index contributed by atoms with van der Waals surface area (Å²) in [5, 5.41) is 0. The van der Waals surface area contributed by atoms with Gasteiger partial charge in [-0.1, -0.05) is 60.7 Å². The van der Waals surface area contributed by atoms with Gasteiger partial charge in [-0.2, -0.15) is 0 Å². The zero-order chi connectivity index (χ0) is 24.1. The van der Waals surface area contributed by atoms with Crippen LogP contribution in [0.3, 0.4) is 0 Å². The summed E-state index contributed by atoms with van der Waals surface area (Å²) in [5.74, 6) is -1.42. The maximum absolute atomic E-state index is 13.5. The zero-order valence-corrected chi connectivity index (χ0v) is 18.9. The lowest BCUT2D eigenvalue weighted by atomic mass is 9.85. The van der Waals surface area contributed by atoms with Gasteiger partial charge in [-0.25, -0.2) is 0 Å². The van der Waals surface area contributed by atoms with Crippen LogP contribution in [0.2, 0.25) is 0 Å². The van der Waals surface area contributed by atoms with Gasteiger partial charge in [0.25, 0.3) is 0 Å². The molecule has 3 aromatic rings. The Morgan fingerprint density at radius 3 is 1.82 bits per heavy atom. The van der Waals surface area contributed by atoms with Crippen LogP contribution in [-0.2, 0) is 0 Å². The summed E-state index contributed by atoms with van der Waals surface area (Å²) in [4.78, 5) is 40.2. The molecule has 1 heterocycles. The lowest BCUT2D eigenvalue weighted by molar-refractivity contribution is 0.0758. The molecule has 0 amide bonds. The van der Waals surface area contributed by atoms with E-state index >= 15 is 0 Å². The van der Waals surface area contributed by atoms with E-state index < -0.39 is 23.3 Å². The van der Waals surface area contributed by atoms with Crippen LogP contribution in [0.15, 0.2) is 66.7 Å². The number of Topliss-reactive ketones (excluding diaryl/α,β-unsaturated/α-hetero) is 3. The van der Waals surface area contributed by atoms with E-state index in [-0.39, 0.29) is 30.1 Å². The van der Waals surface area contributed by atoms with Gasteiger partial charge in [-0.05, 0) is 6.07 Å². The monoisotopic (exact) mass is 460 g/mol. The first-order chi connectivity index (χ1) is 16.5. The number of hydrogen-bond donors (Lipinski definition) is 0. The van der Waals surface area contributed by atoms with Crippen molar-refractivity contribution in [3.05, 3.63) is 83.4 Å². The number of methoxy groups -OCH3 is 2. The van der Waals surface area contributed by atoms with Crippen molar-refractivity contribution < 1.29 is 33.3 Å². The van der Waals surface area contributed by atoms with Gasteiger partial charge in [0, 0.05) is 17.5 Å². The van der Waals surface area contributed by atoms with E-state index in [1.54, 1.807) is 60.7 Å². The maximum atomic E-state index is 13.5. The second kappa shape index (κ2) is 10.2. The average Bonchev–Trinajstić information content (AvgIpc) is 2.90. The second-order valence-electron chi connectivity index (χ2n) is 7.66. The highest BCUT2D eigenvalue weighted by Crippen LogP contribution is 2.48. The topological polar surface area (TPSA) is 88.1 Å². The van der Waals surface area contributed by atoms with Gasteiger partial charge < -0.3 is 18.9 Å². The van der Waals surface area contributed by atoms with Gasteiger partial charge >= 0.3 is 0 Å². The minimum absolute atomic E-state index is 0.148. The predicted octanol–water partition coefficient (Wildman–Crippen LogP) is 4.43. The first-order valence-electron chi connectivity index (χ1n) is 10.8. The van der Waals surface area contributed by atoms with Crippen molar-refractivity contribution >= 4 is 17.3 Å². The normalized spacial score (nSPS) is 12.2. The Kier molecular flexibility index (Phi) is 6.92. The molecule has 0 N–H and O–H groups in total. The van der Waals surface area contributed by atoms with Crippen molar-refractivity contribution in [2.45, 2.75) is 6.42 Å². The zero-order valence-electron chi connectivity index (χ0n) is 18.9. The van der Waals surface area contributed by atoms with Crippen LogP contribution >= 0.6 is 0 Å². The lowest BCUT2D eigenvalue weighted by Crippen LogP contribution is -2.27. The fourth-order valence-corrected chi connectivity index (χ4v) is 3.92. The predicted molar refractivity (Wildman–Crippen MR) is 125 cm³/mol. The highest BCUT2D eigenvalue weighted by Gasteiger charge is 2.34. The van der Waals surface area contributed by atoms with E-state index in [2.05, 4.69) is 0 Å². The first-order valence-corrected chi connectivity index (χ1v) is 10.8. The van der Waals surface area contributed by atoms with Crippen LogP contribution in [-0.4, -0.2) is 44.8 Å². The summed E-state index contributed by atoms with van der Waals surface area (Å²) in [7, 11) is 2.87. The number of fused-ring (bicyclic) bond motifs is 1. The maximum Gasteiger partial charge on any atom is 0.208 e. The van der Waals surface area contributed by atoms with Crippen molar-refractivity contribution in [3.63, 3.8) is 0 Å². The van der Waals surface area contributed by atoms with Crippen LogP contribution in [0, 0.1) is 5.92 Å². The summed E-state index contributed by atoms with van der Waals surface area (Å²) in [6.07, 6.45) is -0.347. The van der Waals surface area contributed by atoms with Gasteiger partial charge in [0.05, 0.1) is 25.7 Å². The van der Waals surface area contributed by atoms with E-state index in [1.165, 1.54) is 20.3 Å². The van der Waals surface area contributed by atoms with E-state index in [9.17, 15) is 14.4 Å².